The normalized spacial score (nSPS) is 22.7. The molecule has 0 saturated carbocycles. The summed E-state index contributed by atoms with van der Waals surface area (Å²) in [5, 5.41) is 56.8. The van der Waals surface area contributed by atoms with Gasteiger partial charge in [-0.3, -0.25) is 71.9 Å². The maximum Gasteiger partial charge on any atom is 0.246 e. The van der Waals surface area contributed by atoms with Crippen molar-refractivity contribution in [1.29, 1.82) is 0 Å². The summed E-state index contributed by atoms with van der Waals surface area (Å²) in [5.74, 6) is -14.9. The van der Waals surface area contributed by atoms with E-state index in [2.05, 4.69) is 61.7 Å². The van der Waals surface area contributed by atoms with Gasteiger partial charge in [0.05, 0.1) is 24.3 Å². The minimum atomic E-state index is -1.64. The number of thioether (sulfide) groups is 1. The van der Waals surface area contributed by atoms with Crippen LogP contribution in [-0.2, 0) is 110 Å². The molecule has 7 aromatic rings. The Balaban J connectivity index is 1.12. The van der Waals surface area contributed by atoms with Crippen LogP contribution in [-0.4, -0.2) is 271 Å². The molecule has 0 aliphatic carbocycles. The van der Waals surface area contributed by atoms with Crippen molar-refractivity contribution in [3.05, 3.63) is 203 Å². The number of carbonyl (C=O) groups is 15. The number of H-pyrrole nitrogens is 1. The average Bonchev–Trinajstić information content (AvgIpc) is 0.856. The second kappa shape index (κ2) is 48.4. The number of aliphatic hydroxyl groups is 1. The highest BCUT2D eigenvalue weighted by Crippen LogP contribution is 2.27. The lowest BCUT2D eigenvalue weighted by atomic mass is 9.95. The first kappa shape index (κ1) is 101. The third-order valence-corrected chi connectivity index (χ3v) is 24.1. The molecule has 0 bridgehead atoms. The van der Waals surface area contributed by atoms with Crippen LogP contribution in [0.5, 0.6) is 11.5 Å². The van der Waals surface area contributed by atoms with Crippen LogP contribution in [0.25, 0.3) is 10.9 Å². The molecule has 34 nitrogen and oxygen atoms in total. The van der Waals surface area contributed by atoms with Gasteiger partial charge in [-0.2, -0.15) is 0 Å². The van der Waals surface area contributed by atoms with Crippen LogP contribution in [0.2, 0.25) is 0 Å². The Bertz CT molecular complexity index is 5150. The molecule has 2 aliphatic rings. The van der Waals surface area contributed by atoms with E-state index in [4.69, 9.17) is 5.73 Å². The molecule has 15 amide bonds. The number of benzene rings is 6. The topological polar surface area (TPSA) is 483 Å². The first-order chi connectivity index (χ1) is 62.0. The molecule has 15 N–H and O–H groups in total. The molecule has 12 atom stereocenters. The number of likely N-dealkylation sites (N-methyl/N-ethyl adjacent to an activating group) is 4. The zero-order chi connectivity index (χ0) is 94.6. The number of fused-ring (bicyclic) bond motifs is 2. The number of aromatic hydroxyl groups is 2. The Morgan fingerprint density at radius 3 is 1.52 bits per heavy atom. The molecule has 6 aromatic carbocycles. The highest BCUT2D eigenvalue weighted by Gasteiger charge is 2.46. The second-order valence-electron chi connectivity index (χ2n) is 33.7. The van der Waals surface area contributed by atoms with Gasteiger partial charge in [-0.05, 0) is 94.8 Å². The molecule has 3 heterocycles. The lowest BCUT2D eigenvalue weighted by molar-refractivity contribution is -0.151. The number of aliphatic hydroxyl groups excluding tert-OH is 1. The Morgan fingerprint density at radius 1 is 0.500 bits per heavy atom. The van der Waals surface area contributed by atoms with Crippen LogP contribution in [0.3, 0.4) is 0 Å². The Kier molecular flexibility index (Phi) is 37.5. The lowest BCUT2D eigenvalue weighted by Gasteiger charge is -2.42. The summed E-state index contributed by atoms with van der Waals surface area (Å²) in [5.41, 5.74) is 8.80. The summed E-state index contributed by atoms with van der Waals surface area (Å²) in [7, 11) is 8.51. The molecule has 130 heavy (non-hydrogen) atoms. The highest BCUT2D eigenvalue weighted by atomic mass is 32.2. The molecular weight excluding hydrogens is 1700 g/mol. The van der Waals surface area contributed by atoms with Gasteiger partial charge < -0.3 is 98.4 Å². The number of carbonyl (C=O) groups excluding carboxylic acids is 15. The summed E-state index contributed by atoms with van der Waals surface area (Å²) in [6, 6.07) is 27.2. The summed E-state index contributed by atoms with van der Waals surface area (Å²) in [4.78, 5) is 233. The fraction of sp³-hybridized carbons (Fsp3) is 0.426. The van der Waals surface area contributed by atoms with Gasteiger partial charge in [0.1, 0.15) is 84.0 Å². The first-order valence-corrected chi connectivity index (χ1v) is 45.0. The number of rotatable bonds is 23. The number of hydrogen-bond acceptors (Lipinski definition) is 18. The maximum atomic E-state index is 15.6. The monoisotopic (exact) mass is 1820 g/mol. The van der Waals surface area contributed by atoms with Crippen molar-refractivity contribution in [3.8, 4) is 11.5 Å². The van der Waals surface area contributed by atoms with Crippen LogP contribution in [0.4, 0.5) is 0 Å². The predicted octanol–water partition coefficient (Wildman–Crippen LogP) is 3.03. The van der Waals surface area contributed by atoms with Crippen molar-refractivity contribution in [2.45, 2.75) is 184 Å². The van der Waals surface area contributed by atoms with E-state index in [1.54, 1.807) is 149 Å². The van der Waals surface area contributed by atoms with Crippen LogP contribution in [0.1, 0.15) is 107 Å². The highest BCUT2D eigenvalue weighted by molar-refractivity contribution is 8.00. The third kappa shape index (κ3) is 29.0. The van der Waals surface area contributed by atoms with Crippen molar-refractivity contribution in [2.75, 3.05) is 59.3 Å². The average molecular weight is 1820 g/mol. The van der Waals surface area contributed by atoms with E-state index in [1.807, 2.05) is 6.92 Å². The molecular formula is C94H119N16O18PS. The van der Waals surface area contributed by atoms with Crippen molar-refractivity contribution < 1.29 is 87.2 Å². The minimum Gasteiger partial charge on any atom is -0.508 e. The molecule has 1 aromatic heterocycles. The Labute approximate surface area is 762 Å². The van der Waals surface area contributed by atoms with E-state index in [9.17, 15) is 39.3 Å². The molecule has 2 saturated heterocycles. The smallest absolute Gasteiger partial charge is 0.246 e. The van der Waals surface area contributed by atoms with E-state index >= 15 is 47.9 Å². The van der Waals surface area contributed by atoms with E-state index in [-0.39, 0.29) is 87.5 Å². The second-order valence-corrected chi connectivity index (χ2v) is 35.3. The number of nitrogens with zero attached hydrogens (tertiary/aromatic N) is 5. The molecule has 694 valence electrons. The fourth-order valence-electron chi connectivity index (χ4n) is 15.6. The van der Waals surface area contributed by atoms with Gasteiger partial charge >= 0.3 is 0 Å². The number of nitrogens with one attached hydrogen (secondary N) is 10. The van der Waals surface area contributed by atoms with Crippen LogP contribution in [0, 0.1) is 11.8 Å². The van der Waals surface area contributed by atoms with Gasteiger partial charge in [-0.25, -0.2) is 0 Å². The molecule has 2 aliphatic heterocycles. The quantitative estimate of drug-likeness (QED) is 0.0409. The zero-order valence-corrected chi connectivity index (χ0v) is 76.3. The van der Waals surface area contributed by atoms with Gasteiger partial charge in [0, 0.05) is 103 Å². The molecule has 2 fully saturated rings. The number of phenols is 2. The van der Waals surface area contributed by atoms with E-state index < -0.39 is 198 Å². The molecule has 36 heteroatoms. The molecule has 0 radical (unpaired) electrons. The van der Waals surface area contributed by atoms with Gasteiger partial charge in [-0.1, -0.05) is 190 Å². The van der Waals surface area contributed by atoms with Gasteiger partial charge in [-0.15, -0.1) is 11.8 Å². The third-order valence-electron chi connectivity index (χ3n) is 22.9. The van der Waals surface area contributed by atoms with Crippen molar-refractivity contribution in [1.82, 2.24) is 77.3 Å². The van der Waals surface area contributed by atoms with Crippen LogP contribution in [0.15, 0.2) is 170 Å². The van der Waals surface area contributed by atoms with E-state index in [1.165, 1.54) is 91.4 Å². The van der Waals surface area contributed by atoms with Gasteiger partial charge in [0.15, 0.2) is 0 Å². The summed E-state index contributed by atoms with van der Waals surface area (Å²) >= 11 is 0.843. The largest absolute Gasteiger partial charge is 0.508 e. The summed E-state index contributed by atoms with van der Waals surface area (Å²) < 4.78 is 0. The number of aromatic amines is 1. The number of aromatic nitrogens is 1. The predicted molar refractivity (Wildman–Crippen MR) is 492 cm³/mol. The zero-order valence-electron chi connectivity index (χ0n) is 74.5. The Morgan fingerprint density at radius 2 is 0.977 bits per heavy atom. The lowest BCUT2D eigenvalue weighted by Crippen LogP contribution is -2.65. The number of amides is 15. The van der Waals surface area contributed by atoms with Crippen LogP contribution < -0.4 is 53.6 Å². The number of phenolic OH excluding ortho intramolecular Hbond substituents is 2. The Hall–Kier alpha value is -13.0. The number of primary amides is 1. The number of para-hydroxylation sites is 1. The summed E-state index contributed by atoms with van der Waals surface area (Å²) in [6.45, 7) is 7.19. The SMILES string of the molecule is CCCC[C@H]1C(=O)N(C)CC(=O)N[C@@H](CC(O)=P)C(=O)N[C@@H](C(C)C)C(=O)N(C)[C@@H](Cc2ccccc2)C(=O)N[C@@H](Cc2ccc(O)cc2)C(=O)N2CC[C@@H]2C(=O)N[C@@H](Cc2c[nH]c3ccccc23)C(=O)N[C@@H](Cc2ccc(O)cc2)C(=O)N[C@@H](CC(C)C)C(=O)N[C@H](C(=O)NCC(N)=O)CSCC(=O)N[C@@H](Cc2ccccc2)C(=O)N(C)[C@@H](Cc2ccccc2)C(=O)N1C. The fourth-order valence-corrected chi connectivity index (χ4v) is 16.6. The van der Waals surface area contributed by atoms with Gasteiger partial charge in [0.25, 0.3) is 0 Å². The summed E-state index contributed by atoms with van der Waals surface area (Å²) in [6.07, 6.45) is 0.916. The van der Waals surface area contributed by atoms with E-state index in [0.717, 1.165) is 21.6 Å². The number of hydrogen-bond donors (Lipinski definition) is 14. The standard InChI is InChI=1S/C94H119N16O18PS/c1-10-11-31-75-92(126)106(6)52-79(114)98-70(49-81(116)129)87(121)105-82(56(4)5)94(128)108(8)76(46-58-25-17-13-18-26-58)89(123)103-72(45-61-34-38-64(112)39-35-61)91(125)110-41-40-74(110)88(122)102-69(48-62-50-96-66-30-22-21-29-65(62)66)86(120)101-68(43-60-32-36-63(111)37-33-60)85(119)100-67(42-55(2)3)84(118)104-73(83(117)97-51-78(95)113)53-130-54-80(115)99-71(44-57-23-15-12-16-24-57)90(124)109(9)77(93(127)107(75)7)47-59-27-19-14-20-28-59/h12-30,32-39,50,55-56,67-77,82,96,111-112,116,129H,10-11,31,40-49,51-54H2,1-9H3,(H2,95,113)(H,97,117)(H,98,114)(H,99,115)(H,100,119)(H,101,120)(H,102,122)(H,103,123)(H,104,118)(H,105,121)/t67-,68-,69-,70-,71-,72-,73-,74+,75-,76-,77-,82-/m0/s1. The van der Waals surface area contributed by atoms with Crippen molar-refractivity contribution in [2.24, 2.45) is 17.6 Å². The maximum absolute atomic E-state index is 15.6. The van der Waals surface area contributed by atoms with Gasteiger partial charge in [0.2, 0.25) is 88.6 Å². The molecule has 0 unspecified atom stereocenters. The van der Waals surface area contributed by atoms with Crippen molar-refractivity contribution in [3.63, 3.8) is 0 Å². The number of unbranched alkanes of at least 4 members (excludes halogenated alkanes) is 1. The number of nitrogens with two attached hydrogens (primary N) is 1. The van der Waals surface area contributed by atoms with Crippen LogP contribution >= 0.6 is 20.6 Å². The minimum absolute atomic E-state index is 0.0395. The molecule has 0 spiro atoms. The van der Waals surface area contributed by atoms with E-state index in [0.29, 0.717) is 57.1 Å². The first-order valence-electron chi connectivity index (χ1n) is 43.4. The molecule has 9 rings (SSSR count). The van der Waals surface area contributed by atoms with Crippen molar-refractivity contribution >= 4 is 126 Å².